The first-order valence-corrected chi connectivity index (χ1v) is 18.2. The minimum atomic E-state index is -0.436. The van der Waals surface area contributed by atoms with E-state index in [1.54, 1.807) is 29.8 Å². The van der Waals surface area contributed by atoms with Crippen LogP contribution in [0.25, 0.3) is 0 Å². The number of rotatable bonds is 16. The van der Waals surface area contributed by atoms with Crippen molar-refractivity contribution in [1.29, 1.82) is 0 Å². The Balaban J connectivity index is 0.00000128. The van der Waals surface area contributed by atoms with E-state index in [2.05, 4.69) is 57.1 Å². The van der Waals surface area contributed by atoms with E-state index in [4.69, 9.17) is 0 Å². The van der Waals surface area contributed by atoms with Gasteiger partial charge in [-0.2, -0.15) is 0 Å². The molecule has 2 aliphatic heterocycles. The predicted molar refractivity (Wildman–Crippen MR) is 191 cm³/mol. The first kappa shape index (κ1) is 43.6. The average molecular weight is 650 g/mol. The van der Waals surface area contributed by atoms with Crippen molar-refractivity contribution in [3.63, 3.8) is 0 Å². The molecule has 4 amide bonds. The van der Waals surface area contributed by atoms with Crippen molar-refractivity contribution in [2.45, 2.75) is 151 Å². The normalized spacial score (nSPS) is 17.5. The van der Waals surface area contributed by atoms with Crippen molar-refractivity contribution < 1.29 is 19.2 Å². The zero-order valence-electron chi connectivity index (χ0n) is 31.3. The Kier molecular flexibility index (Phi) is 24.3. The highest BCUT2D eigenvalue weighted by molar-refractivity contribution is 5.97. The molecule has 2 heterocycles. The van der Waals surface area contributed by atoms with E-state index in [9.17, 15) is 19.2 Å². The van der Waals surface area contributed by atoms with E-state index in [0.717, 1.165) is 31.2 Å². The maximum Gasteiger partial charge on any atom is 0.249 e. The van der Waals surface area contributed by atoms with Crippen LogP contribution in [0.2, 0.25) is 0 Å². The molecule has 2 atom stereocenters. The van der Waals surface area contributed by atoms with Crippen LogP contribution in [-0.4, -0.2) is 96.7 Å². The van der Waals surface area contributed by atoms with Crippen molar-refractivity contribution >= 4 is 24.1 Å². The molecule has 0 aromatic heterocycles. The highest BCUT2D eigenvalue weighted by atomic mass is 16.2. The Morgan fingerprint density at radius 2 is 1.46 bits per heavy atom. The lowest BCUT2D eigenvalue weighted by Crippen LogP contribution is -2.47. The number of hydrogen-bond acceptors (Lipinski definition) is 5. The van der Waals surface area contributed by atoms with Crippen molar-refractivity contribution in [2.75, 3.05) is 39.8 Å². The maximum absolute atomic E-state index is 13.2. The second kappa shape index (κ2) is 25.6. The maximum atomic E-state index is 13.2. The van der Waals surface area contributed by atoms with E-state index < -0.39 is 6.04 Å². The van der Waals surface area contributed by atoms with Gasteiger partial charge in [-0.3, -0.25) is 19.2 Å². The number of nitrogens with zero attached hydrogens (tertiary/aromatic N) is 3. The van der Waals surface area contributed by atoms with Gasteiger partial charge in [0.05, 0.1) is 12.6 Å². The molecule has 2 N–H and O–H groups in total. The molecule has 0 bridgehead atoms. The van der Waals surface area contributed by atoms with Gasteiger partial charge in [0, 0.05) is 31.8 Å². The van der Waals surface area contributed by atoms with Gasteiger partial charge < -0.3 is 25.3 Å². The minimum absolute atomic E-state index is 0.0742. The summed E-state index contributed by atoms with van der Waals surface area (Å²) in [5.41, 5.74) is 0.521. The third-order valence-electron chi connectivity index (χ3n) is 8.39. The van der Waals surface area contributed by atoms with Crippen LogP contribution in [0.5, 0.6) is 0 Å². The first-order valence-electron chi connectivity index (χ1n) is 18.2. The Bertz CT molecular complexity index is 880. The third-order valence-corrected chi connectivity index (χ3v) is 8.39. The minimum Gasteiger partial charge on any atom is -0.354 e. The summed E-state index contributed by atoms with van der Waals surface area (Å²) in [6.45, 7) is 22.7. The molecule has 46 heavy (non-hydrogen) atoms. The van der Waals surface area contributed by atoms with Crippen LogP contribution in [0.15, 0.2) is 11.6 Å². The average Bonchev–Trinajstić information content (AvgIpc) is 3.51. The van der Waals surface area contributed by atoms with Crippen molar-refractivity contribution in [2.24, 2.45) is 11.8 Å². The fourth-order valence-corrected chi connectivity index (χ4v) is 5.68. The van der Waals surface area contributed by atoms with Gasteiger partial charge in [-0.15, -0.1) is 0 Å². The first-order chi connectivity index (χ1) is 21.8. The van der Waals surface area contributed by atoms with Crippen LogP contribution in [0.4, 0.5) is 0 Å². The summed E-state index contributed by atoms with van der Waals surface area (Å²) in [6, 6.07) is 0.0392. The van der Waals surface area contributed by atoms with Crippen LogP contribution in [0.1, 0.15) is 133 Å². The summed E-state index contributed by atoms with van der Waals surface area (Å²) in [7, 11) is 1.67. The van der Waals surface area contributed by atoms with Crippen LogP contribution >= 0.6 is 0 Å². The van der Waals surface area contributed by atoms with Crippen LogP contribution in [0, 0.1) is 11.8 Å². The molecule has 0 radical (unpaired) electrons. The van der Waals surface area contributed by atoms with E-state index in [1.807, 2.05) is 13.8 Å². The van der Waals surface area contributed by atoms with E-state index in [-0.39, 0.29) is 36.2 Å². The zero-order chi connectivity index (χ0) is 35.1. The topological polar surface area (TPSA) is 102 Å². The highest BCUT2D eigenvalue weighted by Gasteiger charge is 2.34. The summed E-state index contributed by atoms with van der Waals surface area (Å²) in [4.78, 5) is 54.5. The van der Waals surface area contributed by atoms with Crippen molar-refractivity contribution in [3.05, 3.63) is 11.6 Å². The zero-order valence-corrected chi connectivity index (χ0v) is 31.3. The Labute approximate surface area is 282 Å². The van der Waals surface area contributed by atoms with Gasteiger partial charge >= 0.3 is 0 Å². The van der Waals surface area contributed by atoms with E-state index in [1.165, 1.54) is 58.0 Å². The van der Waals surface area contributed by atoms with Gasteiger partial charge in [0.2, 0.25) is 24.1 Å². The smallest absolute Gasteiger partial charge is 0.249 e. The standard InChI is InChI=1S/C25H44N4O4.C8H17N.C4H10/c1-6-7-8-9-10-11-14-27-24(32)21-13-12-15-29(21)25(33)20(4)16-22(19(2)3)28(5)23(31)17-26-18-30;1-8(2)9-6-4-3-5-7-9;1-4(2)3/h16,18-19,21-22H,6-15,17H2,1-5H3,(H,26,30)(H,27,32);8H,3-7H2,1-2H3;4H,1-3H3/b20-16+;;/t21-,22+;;/m0../s1. The molecular weight excluding hydrogens is 578 g/mol. The molecule has 2 rings (SSSR count). The van der Waals surface area contributed by atoms with E-state index >= 15 is 0 Å². The summed E-state index contributed by atoms with van der Waals surface area (Å²) in [5.74, 6) is 0.443. The number of amides is 4. The lowest BCUT2D eigenvalue weighted by Gasteiger charge is -2.30. The molecule has 2 saturated heterocycles. The number of carbonyl (C=O) groups excluding carboxylic acids is 4. The summed E-state index contributed by atoms with van der Waals surface area (Å²) in [5, 5.41) is 5.39. The van der Waals surface area contributed by atoms with Gasteiger partial charge in [-0.1, -0.05) is 86.1 Å². The monoisotopic (exact) mass is 650 g/mol. The second-order valence-corrected chi connectivity index (χ2v) is 14.2. The number of likely N-dealkylation sites (N-methyl/N-ethyl adjacent to an activating group) is 1. The summed E-state index contributed by atoms with van der Waals surface area (Å²) >= 11 is 0. The lowest BCUT2D eigenvalue weighted by molar-refractivity contribution is -0.135. The quantitative estimate of drug-likeness (QED) is 0.118. The molecule has 0 saturated carbocycles. The van der Waals surface area contributed by atoms with Gasteiger partial charge in [0.25, 0.3) is 0 Å². The Hall–Kier alpha value is -2.42. The molecule has 9 nitrogen and oxygen atoms in total. The van der Waals surface area contributed by atoms with Crippen molar-refractivity contribution in [1.82, 2.24) is 25.3 Å². The summed E-state index contributed by atoms with van der Waals surface area (Å²) in [6.07, 6.45) is 15.0. The molecule has 9 heteroatoms. The molecule has 0 unspecified atom stereocenters. The fourth-order valence-electron chi connectivity index (χ4n) is 5.68. The third kappa shape index (κ3) is 18.7. The second-order valence-electron chi connectivity index (χ2n) is 14.2. The molecule has 0 aromatic carbocycles. The van der Waals surface area contributed by atoms with Gasteiger partial charge in [0.15, 0.2) is 0 Å². The van der Waals surface area contributed by atoms with Crippen LogP contribution < -0.4 is 10.6 Å². The lowest BCUT2D eigenvalue weighted by atomic mass is 9.99. The molecule has 0 aromatic rings. The largest absolute Gasteiger partial charge is 0.354 e. The number of carbonyl (C=O) groups is 4. The van der Waals surface area contributed by atoms with Gasteiger partial charge in [-0.25, -0.2) is 0 Å². The van der Waals surface area contributed by atoms with Crippen molar-refractivity contribution in [3.8, 4) is 0 Å². The number of nitrogens with one attached hydrogen (secondary N) is 2. The van der Waals surface area contributed by atoms with E-state index in [0.29, 0.717) is 31.5 Å². The number of unbranched alkanes of at least 4 members (excludes halogenated alkanes) is 5. The molecule has 268 valence electrons. The van der Waals surface area contributed by atoms with Gasteiger partial charge in [-0.05, 0) is 77.8 Å². The molecular formula is C37H71N5O4. The fraction of sp³-hybridized carbons (Fsp3) is 0.838. The Morgan fingerprint density at radius 3 is 1.98 bits per heavy atom. The van der Waals surface area contributed by atoms with Gasteiger partial charge in [0.1, 0.15) is 6.04 Å². The molecule has 0 spiro atoms. The number of piperidine rings is 1. The highest BCUT2D eigenvalue weighted by Crippen LogP contribution is 2.22. The van der Waals surface area contributed by atoms with Crippen LogP contribution in [0.3, 0.4) is 0 Å². The molecule has 2 fully saturated rings. The number of likely N-dealkylation sites (tertiary alicyclic amines) is 2. The Morgan fingerprint density at radius 1 is 0.870 bits per heavy atom. The SMILES string of the molecule is CC(C)C.CC(C)N1CCCCC1.CCCCCCCCNC(=O)[C@@H]1CCCN1C(=O)/C(C)=C/[C@H](C(C)C)N(C)C(=O)CNC=O. The summed E-state index contributed by atoms with van der Waals surface area (Å²) < 4.78 is 0. The molecule has 0 aliphatic carbocycles. The number of hydrogen-bond donors (Lipinski definition) is 2. The van der Waals surface area contributed by atoms with Crippen LogP contribution in [-0.2, 0) is 19.2 Å². The predicted octanol–water partition coefficient (Wildman–Crippen LogP) is 6.17. The molecule has 2 aliphatic rings.